The molecule has 3 heteroatoms. The molecule has 21 heavy (non-hydrogen) atoms. The van der Waals surface area contributed by atoms with Gasteiger partial charge in [0.05, 0.1) is 0 Å². The van der Waals surface area contributed by atoms with Crippen molar-refractivity contribution in [2.45, 2.75) is 58.8 Å². The van der Waals surface area contributed by atoms with Gasteiger partial charge in [0.1, 0.15) is 0 Å². The lowest BCUT2D eigenvalue weighted by Crippen LogP contribution is -2.26. The van der Waals surface area contributed by atoms with Crippen molar-refractivity contribution in [3.63, 3.8) is 0 Å². The number of thiophene rings is 1. The summed E-state index contributed by atoms with van der Waals surface area (Å²) < 4.78 is 1.43. The van der Waals surface area contributed by atoms with Crippen LogP contribution in [0, 0.1) is 0 Å². The molecule has 1 aromatic carbocycles. The third-order valence-corrected chi connectivity index (χ3v) is 5.50. The van der Waals surface area contributed by atoms with E-state index in [0.717, 1.165) is 25.7 Å². The highest BCUT2D eigenvalue weighted by molar-refractivity contribution is 7.19. The Bertz CT molecular complexity index is 598. The van der Waals surface area contributed by atoms with Crippen LogP contribution in [0.25, 0.3) is 10.1 Å². The predicted molar refractivity (Wildman–Crippen MR) is 92.9 cm³/mol. The molecule has 1 N–H and O–H groups in total. The first-order valence-electron chi connectivity index (χ1n) is 8.15. The predicted octanol–water partition coefficient (Wildman–Crippen LogP) is 4.38. The van der Waals surface area contributed by atoms with E-state index in [4.69, 9.17) is 0 Å². The van der Waals surface area contributed by atoms with Gasteiger partial charge in [-0.15, -0.1) is 11.3 Å². The molecule has 0 saturated heterocycles. The fraction of sp³-hybridized carbons (Fsp3) is 0.556. The third kappa shape index (κ3) is 3.47. The highest BCUT2D eigenvalue weighted by atomic mass is 32.1. The van der Waals surface area contributed by atoms with Crippen LogP contribution in [0.2, 0.25) is 0 Å². The van der Waals surface area contributed by atoms with E-state index in [1.807, 2.05) is 11.3 Å². The summed E-state index contributed by atoms with van der Waals surface area (Å²) in [5.74, 6) is 0. The van der Waals surface area contributed by atoms with E-state index in [9.17, 15) is 0 Å². The van der Waals surface area contributed by atoms with Gasteiger partial charge in [-0.05, 0) is 36.4 Å². The number of hydrogen-bond donors (Lipinski definition) is 1. The first kappa shape index (κ1) is 15.0. The molecular weight excluding hydrogens is 276 g/mol. The molecule has 1 aliphatic carbocycles. The molecule has 0 radical (unpaired) electrons. The lowest BCUT2D eigenvalue weighted by molar-refractivity contribution is 0.269. The van der Waals surface area contributed by atoms with Gasteiger partial charge in [0.2, 0.25) is 0 Å². The fourth-order valence-corrected chi connectivity index (χ4v) is 4.07. The van der Waals surface area contributed by atoms with Crippen LogP contribution in [0.15, 0.2) is 24.3 Å². The van der Waals surface area contributed by atoms with Crippen molar-refractivity contribution in [3.05, 3.63) is 34.7 Å². The van der Waals surface area contributed by atoms with Gasteiger partial charge in [-0.25, -0.2) is 0 Å². The lowest BCUT2D eigenvalue weighted by Gasteiger charge is -2.20. The second-order valence-electron chi connectivity index (χ2n) is 6.33. The molecule has 0 aliphatic heterocycles. The summed E-state index contributed by atoms with van der Waals surface area (Å²) in [5, 5.41) is 5.05. The summed E-state index contributed by atoms with van der Waals surface area (Å²) in [4.78, 5) is 4.16. The first-order valence-corrected chi connectivity index (χ1v) is 8.97. The fourth-order valence-electron chi connectivity index (χ4n) is 2.90. The summed E-state index contributed by atoms with van der Waals surface area (Å²) in [5.41, 5.74) is 1.55. The van der Waals surface area contributed by atoms with Crippen LogP contribution in [-0.2, 0) is 13.1 Å². The molecule has 2 aromatic rings. The Labute approximate surface area is 132 Å². The van der Waals surface area contributed by atoms with Crippen LogP contribution in [0.5, 0.6) is 0 Å². The quantitative estimate of drug-likeness (QED) is 0.816. The van der Waals surface area contributed by atoms with E-state index in [0.29, 0.717) is 6.04 Å². The Morgan fingerprint density at radius 2 is 2.05 bits per heavy atom. The first-order chi connectivity index (χ1) is 10.2. The molecule has 1 saturated carbocycles. The summed E-state index contributed by atoms with van der Waals surface area (Å²) in [6.45, 7) is 9.99. The average molecular weight is 302 g/mol. The Balaban J connectivity index is 1.90. The molecule has 0 atom stereocenters. The van der Waals surface area contributed by atoms with Gasteiger partial charge in [0.25, 0.3) is 0 Å². The Hall–Kier alpha value is -0.900. The van der Waals surface area contributed by atoms with Gasteiger partial charge in [-0.3, -0.25) is 4.90 Å². The maximum absolute atomic E-state index is 3.59. The van der Waals surface area contributed by atoms with Gasteiger partial charge < -0.3 is 5.32 Å². The Morgan fingerprint density at radius 1 is 1.29 bits per heavy atom. The van der Waals surface area contributed by atoms with E-state index in [1.165, 1.54) is 27.8 Å². The highest BCUT2D eigenvalue weighted by Crippen LogP contribution is 2.35. The largest absolute Gasteiger partial charge is 0.310 e. The van der Waals surface area contributed by atoms with Crippen molar-refractivity contribution < 1.29 is 0 Å². The standard InChI is InChI=1S/C18H26N2S/c1-4-20(14-9-10-14)12-16-15-7-5-6-8-17(15)21-18(16)11-19-13(2)3/h5-8,13-14,19H,4,9-12H2,1-3H3. The monoisotopic (exact) mass is 302 g/mol. The maximum atomic E-state index is 3.59. The van der Waals surface area contributed by atoms with E-state index >= 15 is 0 Å². The zero-order valence-corrected chi connectivity index (χ0v) is 14.2. The van der Waals surface area contributed by atoms with Gasteiger partial charge in [-0.2, -0.15) is 0 Å². The van der Waals surface area contributed by atoms with Gasteiger partial charge >= 0.3 is 0 Å². The molecule has 1 heterocycles. The third-order valence-electron chi connectivity index (χ3n) is 4.28. The molecule has 0 bridgehead atoms. The van der Waals surface area contributed by atoms with Gasteiger partial charge in [0, 0.05) is 34.8 Å². The van der Waals surface area contributed by atoms with Crippen molar-refractivity contribution >= 4 is 21.4 Å². The minimum Gasteiger partial charge on any atom is -0.310 e. The lowest BCUT2D eigenvalue weighted by atomic mass is 10.1. The van der Waals surface area contributed by atoms with Crippen molar-refractivity contribution in [3.8, 4) is 0 Å². The number of rotatable bonds is 7. The number of benzene rings is 1. The van der Waals surface area contributed by atoms with Crippen LogP contribution in [0.1, 0.15) is 44.1 Å². The summed E-state index contributed by atoms with van der Waals surface area (Å²) in [6.07, 6.45) is 2.77. The molecule has 3 rings (SSSR count). The molecule has 0 amide bonds. The minimum atomic E-state index is 0.536. The summed E-state index contributed by atoms with van der Waals surface area (Å²) in [6, 6.07) is 10.2. The summed E-state index contributed by atoms with van der Waals surface area (Å²) in [7, 11) is 0. The van der Waals surface area contributed by atoms with E-state index in [-0.39, 0.29) is 0 Å². The van der Waals surface area contributed by atoms with Crippen LogP contribution in [0.4, 0.5) is 0 Å². The van der Waals surface area contributed by atoms with Crippen molar-refractivity contribution in [2.75, 3.05) is 6.54 Å². The Morgan fingerprint density at radius 3 is 2.71 bits per heavy atom. The zero-order chi connectivity index (χ0) is 14.8. The molecule has 1 aromatic heterocycles. The maximum Gasteiger partial charge on any atom is 0.0349 e. The number of fused-ring (bicyclic) bond motifs is 1. The molecule has 0 spiro atoms. The topological polar surface area (TPSA) is 15.3 Å². The molecule has 2 nitrogen and oxygen atoms in total. The van der Waals surface area contributed by atoms with Crippen LogP contribution >= 0.6 is 11.3 Å². The number of nitrogens with zero attached hydrogens (tertiary/aromatic N) is 1. The number of nitrogens with one attached hydrogen (secondary N) is 1. The van der Waals surface area contributed by atoms with Gasteiger partial charge in [0.15, 0.2) is 0 Å². The smallest absolute Gasteiger partial charge is 0.0349 e. The normalized spacial score (nSPS) is 15.5. The van der Waals surface area contributed by atoms with Crippen LogP contribution < -0.4 is 5.32 Å². The van der Waals surface area contributed by atoms with E-state index in [2.05, 4.69) is 55.3 Å². The van der Waals surface area contributed by atoms with Crippen molar-refractivity contribution in [2.24, 2.45) is 0 Å². The molecule has 0 unspecified atom stereocenters. The summed E-state index contributed by atoms with van der Waals surface area (Å²) >= 11 is 1.96. The zero-order valence-electron chi connectivity index (χ0n) is 13.4. The van der Waals surface area contributed by atoms with Crippen LogP contribution in [0.3, 0.4) is 0 Å². The molecular formula is C18H26N2S. The van der Waals surface area contributed by atoms with Crippen LogP contribution in [-0.4, -0.2) is 23.5 Å². The van der Waals surface area contributed by atoms with Gasteiger partial charge in [-0.1, -0.05) is 39.0 Å². The second-order valence-corrected chi connectivity index (χ2v) is 7.47. The Kier molecular flexibility index (Phi) is 4.63. The van der Waals surface area contributed by atoms with Crippen molar-refractivity contribution in [1.82, 2.24) is 10.2 Å². The van der Waals surface area contributed by atoms with E-state index in [1.54, 1.807) is 5.56 Å². The minimum absolute atomic E-state index is 0.536. The second kappa shape index (κ2) is 6.47. The van der Waals surface area contributed by atoms with E-state index < -0.39 is 0 Å². The average Bonchev–Trinajstić information content (AvgIpc) is 3.25. The molecule has 1 fully saturated rings. The molecule has 114 valence electrons. The highest BCUT2D eigenvalue weighted by Gasteiger charge is 2.28. The molecule has 1 aliphatic rings. The van der Waals surface area contributed by atoms with Crippen molar-refractivity contribution in [1.29, 1.82) is 0 Å². The SMILES string of the molecule is CCN(Cc1c(CNC(C)C)sc2ccccc12)C1CC1. The number of hydrogen-bond acceptors (Lipinski definition) is 3.